The molecule has 4 rings (SSSR count). The van der Waals surface area contributed by atoms with E-state index in [1.807, 2.05) is 30.3 Å². The molecule has 1 aromatic heterocycles. The Balaban J connectivity index is 1.76. The Morgan fingerprint density at radius 3 is 2.34 bits per heavy atom. The largest absolute Gasteiger partial charge is 0.464 e. The number of pyridine rings is 1. The van der Waals surface area contributed by atoms with Crippen LogP contribution in [0.4, 0.5) is 0 Å². The summed E-state index contributed by atoms with van der Waals surface area (Å²) in [7, 11) is 1.27. The van der Waals surface area contributed by atoms with Gasteiger partial charge in [-0.1, -0.05) is 41.9 Å². The van der Waals surface area contributed by atoms with Gasteiger partial charge in [-0.15, -0.1) is 0 Å². The van der Waals surface area contributed by atoms with Crippen LogP contribution in [0.2, 0.25) is 5.02 Å². The lowest BCUT2D eigenvalue weighted by atomic mass is 9.98. The third-order valence-electron chi connectivity index (χ3n) is 5.91. The molecule has 0 radical (unpaired) electrons. The highest BCUT2D eigenvalue weighted by Crippen LogP contribution is 2.26. The number of amides is 1. The van der Waals surface area contributed by atoms with Crippen molar-refractivity contribution in [2.24, 2.45) is 0 Å². The number of hydrogen-bond donors (Lipinski definition) is 1. The molecule has 4 aromatic rings. The summed E-state index contributed by atoms with van der Waals surface area (Å²) in [6, 6.07) is 20.8. The van der Waals surface area contributed by atoms with E-state index in [4.69, 9.17) is 21.1 Å². The van der Waals surface area contributed by atoms with Gasteiger partial charge in [0.25, 0.3) is 5.91 Å². The monoisotopic (exact) mass is 532 g/mol. The van der Waals surface area contributed by atoms with Crippen LogP contribution in [0.3, 0.4) is 0 Å². The number of benzene rings is 3. The fraction of sp³-hybridized carbons (Fsp3) is 0.172. The van der Waals surface area contributed by atoms with Crippen molar-refractivity contribution >= 4 is 40.3 Å². The minimum absolute atomic E-state index is 0.0797. The summed E-state index contributed by atoms with van der Waals surface area (Å²) in [6.45, 7) is 1.56. The Bertz CT molecular complexity index is 1560. The molecule has 3 aromatic carbocycles. The molecular formula is C29H25ClN2O6. The highest BCUT2D eigenvalue weighted by atomic mass is 35.5. The molecule has 0 unspecified atom stereocenters. The molecule has 0 saturated carbocycles. The van der Waals surface area contributed by atoms with E-state index in [-0.39, 0.29) is 42.2 Å². The van der Waals surface area contributed by atoms with Gasteiger partial charge in [0.1, 0.15) is 12.3 Å². The van der Waals surface area contributed by atoms with Gasteiger partial charge in [0.05, 0.1) is 19.2 Å². The normalized spacial score (nSPS) is 10.7. The number of para-hydroxylation sites is 1. The van der Waals surface area contributed by atoms with Crippen LogP contribution in [0.25, 0.3) is 16.6 Å². The van der Waals surface area contributed by atoms with Crippen LogP contribution in [0.5, 0.6) is 0 Å². The predicted molar refractivity (Wildman–Crippen MR) is 144 cm³/mol. The lowest BCUT2D eigenvalue weighted by molar-refractivity contribution is -0.140. The molecule has 38 heavy (non-hydrogen) atoms. The number of hydrogen-bond acceptors (Lipinski definition) is 6. The van der Waals surface area contributed by atoms with E-state index in [0.717, 1.165) is 5.56 Å². The van der Waals surface area contributed by atoms with Crippen molar-refractivity contribution in [2.45, 2.75) is 13.3 Å². The zero-order valence-electron chi connectivity index (χ0n) is 20.8. The number of carbonyl (C=O) groups is 3. The van der Waals surface area contributed by atoms with Gasteiger partial charge in [-0.2, -0.15) is 0 Å². The maximum atomic E-state index is 13.7. The van der Waals surface area contributed by atoms with Gasteiger partial charge in [0.2, 0.25) is 0 Å². The van der Waals surface area contributed by atoms with Crippen LogP contribution in [0.15, 0.2) is 77.6 Å². The Morgan fingerprint density at radius 1 is 0.974 bits per heavy atom. The van der Waals surface area contributed by atoms with Crippen LogP contribution in [0, 0.1) is 0 Å². The molecule has 0 spiro atoms. The number of nitrogens with one attached hydrogen (secondary N) is 1. The third-order valence-corrected chi connectivity index (χ3v) is 6.15. The van der Waals surface area contributed by atoms with Gasteiger partial charge in [-0.25, -0.2) is 4.79 Å². The molecule has 194 valence electrons. The van der Waals surface area contributed by atoms with Crippen LogP contribution >= 0.6 is 11.6 Å². The van der Waals surface area contributed by atoms with Crippen molar-refractivity contribution < 1.29 is 23.9 Å². The minimum Gasteiger partial charge on any atom is -0.464 e. The van der Waals surface area contributed by atoms with Crippen LogP contribution in [-0.4, -0.2) is 42.7 Å². The van der Waals surface area contributed by atoms with E-state index in [0.29, 0.717) is 27.2 Å². The number of carbonyl (C=O) groups excluding carboxylic acids is 3. The number of aromatic nitrogens is 1. The quantitative estimate of drug-likeness (QED) is 0.268. The van der Waals surface area contributed by atoms with E-state index >= 15 is 0 Å². The van der Waals surface area contributed by atoms with Crippen molar-refractivity contribution in [3.8, 4) is 5.69 Å². The van der Waals surface area contributed by atoms with Crippen LogP contribution in [0.1, 0.15) is 38.9 Å². The van der Waals surface area contributed by atoms with Crippen LogP contribution < -0.4 is 10.7 Å². The van der Waals surface area contributed by atoms with Crippen molar-refractivity contribution in [3.05, 3.63) is 110 Å². The summed E-state index contributed by atoms with van der Waals surface area (Å²) in [5, 5.41) is 3.50. The van der Waals surface area contributed by atoms with Gasteiger partial charge in [-0.05, 0) is 48.0 Å². The summed E-state index contributed by atoms with van der Waals surface area (Å²) in [4.78, 5) is 50.0. The third kappa shape index (κ3) is 5.76. The van der Waals surface area contributed by atoms with E-state index in [1.54, 1.807) is 47.0 Å². The maximum absolute atomic E-state index is 13.7. The number of ether oxygens (including phenoxy) is 2. The molecule has 1 N–H and O–H groups in total. The Morgan fingerprint density at radius 2 is 1.68 bits per heavy atom. The summed E-state index contributed by atoms with van der Waals surface area (Å²) < 4.78 is 11.6. The van der Waals surface area contributed by atoms with Gasteiger partial charge in [0, 0.05) is 40.6 Å². The minimum atomic E-state index is -0.661. The highest BCUT2D eigenvalue weighted by Gasteiger charge is 2.24. The molecule has 0 aliphatic rings. The SMILES string of the molecule is COC(=O)c1c(Cc2ccc(C(=O)NCCOC(C)=O)cc2)c(=O)c2ccc(Cl)cc2n1-c1ccccc1. The second-order valence-corrected chi connectivity index (χ2v) is 8.89. The second-order valence-electron chi connectivity index (χ2n) is 8.45. The number of fused-ring (bicyclic) bond motifs is 1. The fourth-order valence-corrected chi connectivity index (χ4v) is 4.33. The van der Waals surface area contributed by atoms with Crippen LogP contribution in [-0.2, 0) is 20.7 Å². The van der Waals surface area contributed by atoms with E-state index in [9.17, 15) is 19.2 Å². The molecule has 9 heteroatoms. The second kappa shape index (κ2) is 11.7. The topological polar surface area (TPSA) is 104 Å². The first-order valence-electron chi connectivity index (χ1n) is 11.8. The predicted octanol–water partition coefficient (Wildman–Crippen LogP) is 4.31. The Labute approximate surface area is 223 Å². The van der Waals surface area contributed by atoms with Gasteiger partial charge < -0.3 is 19.4 Å². The number of halogens is 1. The number of methoxy groups -OCH3 is 1. The highest BCUT2D eigenvalue weighted by molar-refractivity contribution is 6.31. The molecule has 8 nitrogen and oxygen atoms in total. The molecule has 0 atom stereocenters. The molecule has 1 amide bonds. The summed E-state index contributed by atoms with van der Waals surface area (Å²) >= 11 is 6.27. The lowest BCUT2D eigenvalue weighted by Gasteiger charge is -2.19. The standard InChI is InChI=1S/C29H25ClN2O6/c1-18(33)38-15-14-31-28(35)20-10-8-19(9-11-20)16-24-26(29(36)37-2)32(22-6-4-3-5-7-22)25-17-21(30)12-13-23(25)27(24)34/h3-13,17H,14-16H2,1-2H3,(H,31,35). The van der Waals surface area contributed by atoms with Crippen molar-refractivity contribution in [2.75, 3.05) is 20.3 Å². The molecule has 0 saturated heterocycles. The summed E-state index contributed by atoms with van der Waals surface area (Å²) in [6.07, 6.45) is 0.128. The number of esters is 2. The molecule has 0 fully saturated rings. The fourth-order valence-electron chi connectivity index (χ4n) is 4.17. The number of rotatable bonds is 8. The first-order chi connectivity index (χ1) is 18.3. The van der Waals surface area contributed by atoms with E-state index in [1.165, 1.54) is 14.0 Å². The van der Waals surface area contributed by atoms with Gasteiger partial charge in [0.15, 0.2) is 5.43 Å². The Kier molecular flexibility index (Phi) is 8.23. The molecule has 0 aliphatic carbocycles. The summed E-state index contributed by atoms with van der Waals surface area (Å²) in [5.41, 5.74) is 2.33. The Hall–Kier alpha value is -4.43. The zero-order valence-corrected chi connectivity index (χ0v) is 21.6. The van der Waals surface area contributed by atoms with Gasteiger partial charge in [-0.3, -0.25) is 14.4 Å². The number of nitrogens with zero attached hydrogens (tertiary/aromatic N) is 1. The smallest absolute Gasteiger partial charge is 0.355 e. The molecule has 1 heterocycles. The molecular weight excluding hydrogens is 508 g/mol. The summed E-state index contributed by atoms with van der Waals surface area (Å²) in [5.74, 6) is -1.40. The molecule has 0 bridgehead atoms. The maximum Gasteiger partial charge on any atom is 0.355 e. The van der Waals surface area contributed by atoms with Crippen molar-refractivity contribution in [1.82, 2.24) is 9.88 Å². The average Bonchev–Trinajstić information content (AvgIpc) is 2.92. The first-order valence-corrected chi connectivity index (χ1v) is 12.2. The molecule has 0 aliphatic heterocycles. The van der Waals surface area contributed by atoms with E-state index < -0.39 is 11.9 Å². The van der Waals surface area contributed by atoms with E-state index in [2.05, 4.69) is 5.32 Å². The average molecular weight is 533 g/mol. The lowest BCUT2D eigenvalue weighted by Crippen LogP contribution is -2.27. The van der Waals surface area contributed by atoms with Gasteiger partial charge >= 0.3 is 11.9 Å². The van der Waals surface area contributed by atoms with Crippen molar-refractivity contribution in [3.63, 3.8) is 0 Å². The first kappa shape index (κ1) is 26.6. The van der Waals surface area contributed by atoms with Crippen molar-refractivity contribution in [1.29, 1.82) is 0 Å². The zero-order chi connectivity index (χ0) is 27.2.